The summed E-state index contributed by atoms with van der Waals surface area (Å²) in [5.74, 6) is 1.65. The molecular formula is C21H28N4O. The molecule has 1 fully saturated rings. The zero-order valence-corrected chi connectivity index (χ0v) is 16.1. The first-order valence-electron chi connectivity index (χ1n) is 9.43. The van der Waals surface area contributed by atoms with E-state index < -0.39 is 0 Å². The second-order valence-corrected chi connectivity index (χ2v) is 7.59. The molecule has 1 N–H and O–H groups in total. The number of aryl methyl sites for hydroxylation is 1. The van der Waals surface area contributed by atoms with Crippen molar-refractivity contribution in [2.24, 2.45) is 5.92 Å². The van der Waals surface area contributed by atoms with Crippen LogP contribution >= 0.6 is 0 Å². The van der Waals surface area contributed by atoms with Crippen LogP contribution in [0.2, 0.25) is 0 Å². The fraction of sp³-hybridized carbons (Fsp3) is 0.476. The number of para-hydroxylation sites is 1. The number of hydrogen-bond donors (Lipinski definition) is 1. The molecule has 26 heavy (non-hydrogen) atoms. The number of carbonyl (C=O) groups excluding carboxylic acids is 1. The third-order valence-corrected chi connectivity index (χ3v) is 5.13. The van der Waals surface area contributed by atoms with Crippen molar-refractivity contribution in [3.05, 3.63) is 47.3 Å². The molecule has 0 spiro atoms. The summed E-state index contributed by atoms with van der Waals surface area (Å²) < 4.78 is 0. The fourth-order valence-electron chi connectivity index (χ4n) is 3.35. The van der Waals surface area contributed by atoms with Gasteiger partial charge in [-0.2, -0.15) is 0 Å². The normalized spacial score (nSPS) is 15.3. The lowest BCUT2D eigenvalue weighted by atomic mass is 9.98. The average molecular weight is 352 g/mol. The summed E-state index contributed by atoms with van der Waals surface area (Å²) >= 11 is 0. The maximum atomic E-state index is 12.6. The van der Waals surface area contributed by atoms with Gasteiger partial charge in [0.25, 0.3) is 5.91 Å². The molecule has 138 valence electrons. The van der Waals surface area contributed by atoms with Crippen molar-refractivity contribution in [3.8, 4) is 0 Å². The van der Waals surface area contributed by atoms with Gasteiger partial charge >= 0.3 is 0 Å². The van der Waals surface area contributed by atoms with Crippen molar-refractivity contribution in [2.45, 2.75) is 46.5 Å². The first kappa shape index (κ1) is 18.4. The third kappa shape index (κ3) is 4.03. The number of hydrogen-bond acceptors (Lipinski definition) is 4. The highest BCUT2D eigenvalue weighted by atomic mass is 16.2. The Balaban J connectivity index is 1.74. The molecule has 3 rings (SSSR count). The predicted octanol–water partition coefficient (Wildman–Crippen LogP) is 4.52. The summed E-state index contributed by atoms with van der Waals surface area (Å²) in [6.45, 7) is 10.3. The second-order valence-electron chi connectivity index (χ2n) is 7.59. The summed E-state index contributed by atoms with van der Waals surface area (Å²) in [7, 11) is 0. The van der Waals surface area contributed by atoms with Crippen LogP contribution in [0.25, 0.3) is 0 Å². The number of carbonyl (C=O) groups is 1. The molecule has 1 saturated heterocycles. The molecule has 1 aliphatic rings. The summed E-state index contributed by atoms with van der Waals surface area (Å²) in [4.78, 5) is 23.3. The van der Waals surface area contributed by atoms with E-state index in [4.69, 9.17) is 0 Å². The molecule has 1 aromatic carbocycles. The Bertz CT molecular complexity index is 762. The largest absolute Gasteiger partial charge is 0.339 e. The molecule has 1 amide bonds. The maximum Gasteiger partial charge on any atom is 0.256 e. The van der Waals surface area contributed by atoms with E-state index in [2.05, 4.69) is 61.2 Å². The van der Waals surface area contributed by atoms with Crippen molar-refractivity contribution >= 4 is 17.5 Å². The highest BCUT2D eigenvalue weighted by molar-refractivity contribution is 5.93. The number of nitrogens with zero attached hydrogens (tertiary/aromatic N) is 3. The van der Waals surface area contributed by atoms with Crippen LogP contribution in [-0.2, 0) is 0 Å². The standard InChI is InChI=1S/C21H28N4O/c1-14(2)18-7-5-6-16(4)19(18)24-21-22-12-17(13-23-21)20(26)25-10-8-15(3)9-11-25/h5-7,12-15H,8-11H2,1-4H3,(H,22,23,24). The quantitative estimate of drug-likeness (QED) is 0.878. The van der Waals surface area contributed by atoms with E-state index in [0.29, 0.717) is 23.3 Å². The first-order valence-corrected chi connectivity index (χ1v) is 9.43. The Hall–Kier alpha value is -2.43. The molecule has 5 nitrogen and oxygen atoms in total. The Kier molecular flexibility index (Phi) is 5.55. The minimum absolute atomic E-state index is 0.0298. The van der Waals surface area contributed by atoms with Crippen LogP contribution in [0.15, 0.2) is 30.6 Å². The third-order valence-electron chi connectivity index (χ3n) is 5.13. The molecular weight excluding hydrogens is 324 g/mol. The smallest absolute Gasteiger partial charge is 0.256 e. The molecule has 2 heterocycles. The van der Waals surface area contributed by atoms with Crippen LogP contribution in [-0.4, -0.2) is 33.9 Å². The predicted molar refractivity (Wildman–Crippen MR) is 105 cm³/mol. The van der Waals surface area contributed by atoms with Gasteiger partial charge in [-0.15, -0.1) is 0 Å². The van der Waals surface area contributed by atoms with Crippen LogP contribution in [0, 0.1) is 12.8 Å². The van der Waals surface area contributed by atoms with Gasteiger partial charge in [-0.05, 0) is 42.7 Å². The van der Waals surface area contributed by atoms with E-state index in [-0.39, 0.29) is 5.91 Å². The molecule has 0 saturated carbocycles. The maximum absolute atomic E-state index is 12.6. The van der Waals surface area contributed by atoms with Crippen molar-refractivity contribution in [1.82, 2.24) is 14.9 Å². The van der Waals surface area contributed by atoms with E-state index in [0.717, 1.165) is 37.2 Å². The summed E-state index contributed by atoms with van der Waals surface area (Å²) in [6.07, 6.45) is 5.39. The van der Waals surface area contributed by atoms with E-state index in [1.807, 2.05) is 4.90 Å². The number of nitrogens with one attached hydrogen (secondary N) is 1. The van der Waals surface area contributed by atoms with E-state index in [1.54, 1.807) is 12.4 Å². The fourth-order valence-corrected chi connectivity index (χ4v) is 3.35. The minimum atomic E-state index is 0.0298. The molecule has 0 unspecified atom stereocenters. The van der Waals surface area contributed by atoms with Gasteiger partial charge in [0, 0.05) is 31.2 Å². The number of amides is 1. The molecule has 0 aliphatic carbocycles. The number of benzene rings is 1. The van der Waals surface area contributed by atoms with E-state index in [1.165, 1.54) is 5.56 Å². The number of piperidine rings is 1. The second kappa shape index (κ2) is 7.85. The summed E-state index contributed by atoms with van der Waals surface area (Å²) in [5, 5.41) is 3.33. The van der Waals surface area contributed by atoms with Crippen LogP contribution < -0.4 is 5.32 Å². The van der Waals surface area contributed by atoms with Crippen LogP contribution in [0.3, 0.4) is 0 Å². The number of likely N-dealkylation sites (tertiary alicyclic amines) is 1. The van der Waals surface area contributed by atoms with Gasteiger partial charge in [-0.3, -0.25) is 4.79 Å². The Morgan fingerprint density at radius 1 is 1.19 bits per heavy atom. The van der Waals surface area contributed by atoms with Crippen LogP contribution in [0.1, 0.15) is 61.0 Å². The topological polar surface area (TPSA) is 58.1 Å². The van der Waals surface area contributed by atoms with Crippen LogP contribution in [0.5, 0.6) is 0 Å². The SMILES string of the molecule is Cc1cccc(C(C)C)c1Nc1ncc(C(=O)N2CCC(C)CC2)cn1. The van der Waals surface area contributed by atoms with Crippen molar-refractivity contribution in [1.29, 1.82) is 0 Å². The van der Waals surface area contributed by atoms with Gasteiger partial charge in [-0.25, -0.2) is 9.97 Å². The molecule has 1 aliphatic heterocycles. The van der Waals surface area contributed by atoms with Gasteiger partial charge in [0.05, 0.1) is 5.56 Å². The molecule has 0 radical (unpaired) electrons. The summed E-state index contributed by atoms with van der Waals surface area (Å²) in [6, 6.07) is 6.26. The van der Waals surface area contributed by atoms with Gasteiger partial charge in [0.2, 0.25) is 5.95 Å². The molecule has 0 bridgehead atoms. The Morgan fingerprint density at radius 2 is 1.85 bits per heavy atom. The summed E-state index contributed by atoms with van der Waals surface area (Å²) in [5.41, 5.74) is 3.99. The molecule has 0 atom stereocenters. The van der Waals surface area contributed by atoms with E-state index >= 15 is 0 Å². The highest BCUT2D eigenvalue weighted by Crippen LogP contribution is 2.29. The van der Waals surface area contributed by atoms with Gasteiger partial charge < -0.3 is 10.2 Å². The zero-order valence-electron chi connectivity index (χ0n) is 16.1. The minimum Gasteiger partial charge on any atom is -0.339 e. The Morgan fingerprint density at radius 3 is 2.46 bits per heavy atom. The van der Waals surface area contributed by atoms with Gasteiger partial charge in [-0.1, -0.05) is 39.0 Å². The Labute approximate surface area is 155 Å². The number of aromatic nitrogens is 2. The highest BCUT2D eigenvalue weighted by Gasteiger charge is 2.22. The molecule has 2 aromatic rings. The monoisotopic (exact) mass is 352 g/mol. The lowest BCUT2D eigenvalue weighted by Crippen LogP contribution is -2.38. The van der Waals surface area contributed by atoms with Gasteiger partial charge in [0.1, 0.15) is 0 Å². The lowest BCUT2D eigenvalue weighted by molar-refractivity contribution is 0.0696. The van der Waals surface area contributed by atoms with Crippen molar-refractivity contribution < 1.29 is 4.79 Å². The lowest BCUT2D eigenvalue weighted by Gasteiger charge is -2.30. The van der Waals surface area contributed by atoms with E-state index in [9.17, 15) is 4.79 Å². The number of rotatable bonds is 4. The van der Waals surface area contributed by atoms with Crippen LogP contribution in [0.4, 0.5) is 11.6 Å². The first-order chi connectivity index (χ1) is 12.5. The molecule has 5 heteroatoms. The van der Waals surface area contributed by atoms with Crippen molar-refractivity contribution in [2.75, 3.05) is 18.4 Å². The van der Waals surface area contributed by atoms with Gasteiger partial charge in [0.15, 0.2) is 0 Å². The average Bonchev–Trinajstić information content (AvgIpc) is 2.64. The number of anilines is 2. The van der Waals surface area contributed by atoms with Crippen molar-refractivity contribution in [3.63, 3.8) is 0 Å². The molecule has 1 aromatic heterocycles. The zero-order chi connectivity index (χ0) is 18.7.